The summed E-state index contributed by atoms with van der Waals surface area (Å²) in [5.74, 6) is 1.86. The summed E-state index contributed by atoms with van der Waals surface area (Å²) in [7, 11) is 0. The molecule has 0 radical (unpaired) electrons. The molecule has 2 aliphatic heterocycles. The molecular weight excluding hydrogens is 228 g/mol. The van der Waals surface area contributed by atoms with Gasteiger partial charge in [-0.25, -0.2) is 0 Å². The average molecular weight is 248 g/mol. The van der Waals surface area contributed by atoms with Crippen LogP contribution in [-0.4, -0.2) is 44.4 Å². The van der Waals surface area contributed by atoms with Crippen molar-refractivity contribution in [2.45, 2.75) is 13.3 Å². The van der Waals surface area contributed by atoms with Crippen LogP contribution < -0.4 is 14.8 Å². The molecule has 1 saturated heterocycles. The van der Waals surface area contributed by atoms with E-state index in [1.165, 1.54) is 11.1 Å². The smallest absolute Gasteiger partial charge is 0.231 e. The Balaban J connectivity index is 1.68. The van der Waals surface area contributed by atoms with Crippen LogP contribution in [-0.2, 0) is 6.42 Å². The lowest BCUT2D eigenvalue weighted by Gasteiger charge is -2.27. The van der Waals surface area contributed by atoms with Crippen LogP contribution in [0.4, 0.5) is 0 Å². The molecule has 4 nitrogen and oxygen atoms in total. The minimum absolute atomic E-state index is 0.361. The number of aryl methyl sites for hydroxylation is 1. The summed E-state index contributed by atoms with van der Waals surface area (Å²) in [5, 5.41) is 3.38. The summed E-state index contributed by atoms with van der Waals surface area (Å²) in [6.07, 6.45) is 1.04. The molecule has 4 heteroatoms. The van der Waals surface area contributed by atoms with Crippen molar-refractivity contribution in [1.29, 1.82) is 0 Å². The zero-order valence-electron chi connectivity index (χ0n) is 10.9. The van der Waals surface area contributed by atoms with Crippen LogP contribution >= 0.6 is 0 Å². The van der Waals surface area contributed by atoms with Crippen molar-refractivity contribution >= 4 is 0 Å². The Labute approximate surface area is 108 Å². The highest BCUT2D eigenvalue weighted by atomic mass is 16.7. The SMILES string of the molecule is Cc1cc(CCN2CCNCC2)c2c(c1)OCO2. The summed E-state index contributed by atoms with van der Waals surface area (Å²) in [6.45, 7) is 8.06. The Bertz CT molecular complexity index is 428. The second-order valence-electron chi connectivity index (χ2n) is 5.00. The molecule has 0 bridgehead atoms. The van der Waals surface area contributed by atoms with Crippen molar-refractivity contribution in [2.24, 2.45) is 0 Å². The van der Waals surface area contributed by atoms with E-state index in [2.05, 4.69) is 29.3 Å². The lowest BCUT2D eigenvalue weighted by Crippen LogP contribution is -2.44. The Hall–Kier alpha value is -1.26. The molecule has 0 aliphatic carbocycles. The van der Waals surface area contributed by atoms with Crippen molar-refractivity contribution in [3.63, 3.8) is 0 Å². The number of hydrogen-bond acceptors (Lipinski definition) is 4. The van der Waals surface area contributed by atoms with Crippen LogP contribution in [0.2, 0.25) is 0 Å². The second-order valence-corrected chi connectivity index (χ2v) is 5.00. The molecule has 1 N–H and O–H groups in total. The molecule has 3 rings (SSSR count). The molecule has 2 aliphatic rings. The third kappa shape index (κ3) is 2.44. The lowest BCUT2D eigenvalue weighted by molar-refractivity contribution is 0.173. The lowest BCUT2D eigenvalue weighted by atomic mass is 10.1. The normalized spacial score (nSPS) is 19.2. The first-order chi connectivity index (χ1) is 8.83. The molecule has 1 aromatic carbocycles. The Morgan fingerprint density at radius 2 is 2.06 bits per heavy atom. The van der Waals surface area contributed by atoms with Crippen LogP contribution in [0.3, 0.4) is 0 Å². The van der Waals surface area contributed by atoms with E-state index in [9.17, 15) is 0 Å². The number of rotatable bonds is 3. The number of piperazine rings is 1. The second kappa shape index (κ2) is 5.16. The maximum absolute atomic E-state index is 5.57. The predicted molar refractivity (Wildman–Crippen MR) is 70.3 cm³/mol. The molecule has 0 spiro atoms. The van der Waals surface area contributed by atoms with E-state index in [0.717, 1.165) is 50.6 Å². The Kier molecular flexibility index (Phi) is 3.39. The van der Waals surface area contributed by atoms with Gasteiger partial charge in [0, 0.05) is 32.7 Å². The standard InChI is InChI=1S/C14H20N2O2/c1-11-8-12(14-13(9-11)17-10-18-14)2-5-16-6-3-15-4-7-16/h8-9,15H,2-7,10H2,1H3. The minimum Gasteiger partial charge on any atom is -0.454 e. The van der Waals surface area contributed by atoms with Gasteiger partial charge in [-0.1, -0.05) is 6.07 Å². The van der Waals surface area contributed by atoms with E-state index < -0.39 is 0 Å². The molecular formula is C14H20N2O2. The van der Waals surface area contributed by atoms with Gasteiger partial charge in [0.25, 0.3) is 0 Å². The van der Waals surface area contributed by atoms with E-state index in [0.29, 0.717) is 6.79 Å². The van der Waals surface area contributed by atoms with Crippen molar-refractivity contribution in [3.05, 3.63) is 23.3 Å². The van der Waals surface area contributed by atoms with Crippen LogP contribution in [0, 0.1) is 6.92 Å². The fourth-order valence-electron chi connectivity index (χ4n) is 2.63. The van der Waals surface area contributed by atoms with Crippen molar-refractivity contribution in [1.82, 2.24) is 10.2 Å². The molecule has 2 heterocycles. The van der Waals surface area contributed by atoms with Crippen LogP contribution in [0.1, 0.15) is 11.1 Å². The summed E-state index contributed by atoms with van der Waals surface area (Å²) in [4.78, 5) is 2.50. The van der Waals surface area contributed by atoms with Gasteiger partial charge in [-0.15, -0.1) is 0 Å². The van der Waals surface area contributed by atoms with Gasteiger partial charge in [0.2, 0.25) is 6.79 Å². The Morgan fingerprint density at radius 1 is 1.22 bits per heavy atom. The number of nitrogens with one attached hydrogen (secondary N) is 1. The fraction of sp³-hybridized carbons (Fsp3) is 0.571. The maximum atomic E-state index is 5.57. The zero-order valence-corrected chi connectivity index (χ0v) is 10.9. The zero-order chi connectivity index (χ0) is 12.4. The Morgan fingerprint density at radius 3 is 2.89 bits per heavy atom. The van der Waals surface area contributed by atoms with Crippen LogP contribution in [0.25, 0.3) is 0 Å². The summed E-state index contributed by atoms with van der Waals surface area (Å²) in [5.41, 5.74) is 2.52. The topological polar surface area (TPSA) is 33.7 Å². The third-order valence-corrected chi connectivity index (χ3v) is 3.60. The van der Waals surface area contributed by atoms with Gasteiger partial charge in [0.05, 0.1) is 0 Å². The van der Waals surface area contributed by atoms with Crippen LogP contribution in [0.5, 0.6) is 11.5 Å². The molecule has 0 atom stereocenters. The first-order valence-electron chi connectivity index (χ1n) is 6.65. The molecule has 18 heavy (non-hydrogen) atoms. The van der Waals surface area contributed by atoms with E-state index in [1.54, 1.807) is 0 Å². The van der Waals surface area contributed by atoms with Crippen molar-refractivity contribution in [2.75, 3.05) is 39.5 Å². The van der Waals surface area contributed by atoms with Crippen molar-refractivity contribution < 1.29 is 9.47 Å². The van der Waals surface area contributed by atoms with Gasteiger partial charge >= 0.3 is 0 Å². The summed E-state index contributed by atoms with van der Waals surface area (Å²) < 4.78 is 11.0. The molecule has 0 aromatic heterocycles. The molecule has 0 unspecified atom stereocenters. The monoisotopic (exact) mass is 248 g/mol. The van der Waals surface area contributed by atoms with Gasteiger partial charge in [-0.3, -0.25) is 0 Å². The highest BCUT2D eigenvalue weighted by Crippen LogP contribution is 2.37. The molecule has 1 aromatic rings. The van der Waals surface area contributed by atoms with E-state index in [4.69, 9.17) is 9.47 Å². The quantitative estimate of drug-likeness (QED) is 0.870. The fourth-order valence-corrected chi connectivity index (χ4v) is 2.63. The highest BCUT2D eigenvalue weighted by Gasteiger charge is 2.19. The minimum atomic E-state index is 0.361. The van der Waals surface area contributed by atoms with Crippen molar-refractivity contribution in [3.8, 4) is 11.5 Å². The molecule has 1 fully saturated rings. The predicted octanol–water partition coefficient (Wildman–Crippen LogP) is 1.17. The van der Waals surface area contributed by atoms with E-state index in [1.807, 2.05) is 0 Å². The van der Waals surface area contributed by atoms with Gasteiger partial charge in [0.15, 0.2) is 11.5 Å². The number of benzene rings is 1. The summed E-state index contributed by atoms with van der Waals surface area (Å²) in [6, 6.07) is 4.27. The molecule has 98 valence electrons. The average Bonchev–Trinajstić information content (AvgIpc) is 2.85. The van der Waals surface area contributed by atoms with E-state index in [-0.39, 0.29) is 0 Å². The number of fused-ring (bicyclic) bond motifs is 1. The first kappa shape index (κ1) is 11.8. The highest BCUT2D eigenvalue weighted by molar-refractivity contribution is 5.50. The van der Waals surface area contributed by atoms with Gasteiger partial charge in [-0.05, 0) is 30.5 Å². The van der Waals surface area contributed by atoms with E-state index >= 15 is 0 Å². The maximum Gasteiger partial charge on any atom is 0.231 e. The van der Waals surface area contributed by atoms with Crippen LogP contribution in [0.15, 0.2) is 12.1 Å². The third-order valence-electron chi connectivity index (χ3n) is 3.60. The van der Waals surface area contributed by atoms with Gasteiger partial charge < -0.3 is 19.7 Å². The number of nitrogens with zero attached hydrogens (tertiary/aromatic N) is 1. The molecule has 0 amide bonds. The first-order valence-corrected chi connectivity index (χ1v) is 6.65. The molecule has 0 saturated carbocycles. The number of ether oxygens (including phenoxy) is 2. The number of hydrogen-bond donors (Lipinski definition) is 1. The summed E-state index contributed by atoms with van der Waals surface area (Å²) >= 11 is 0. The van der Waals surface area contributed by atoms with Gasteiger partial charge in [-0.2, -0.15) is 0 Å². The van der Waals surface area contributed by atoms with Gasteiger partial charge in [0.1, 0.15) is 0 Å². The largest absolute Gasteiger partial charge is 0.454 e.